The van der Waals surface area contributed by atoms with Crippen molar-refractivity contribution >= 4 is 0 Å². The van der Waals surface area contributed by atoms with Crippen molar-refractivity contribution in [2.24, 2.45) is 5.73 Å². The molecule has 5 heteroatoms. The van der Waals surface area contributed by atoms with Crippen LogP contribution in [-0.4, -0.2) is 29.9 Å². The van der Waals surface area contributed by atoms with E-state index in [9.17, 15) is 0 Å². The molecule has 1 aromatic heterocycles. The van der Waals surface area contributed by atoms with Crippen LogP contribution in [0.3, 0.4) is 0 Å². The van der Waals surface area contributed by atoms with Crippen molar-refractivity contribution in [2.45, 2.75) is 45.1 Å². The summed E-state index contributed by atoms with van der Waals surface area (Å²) in [6.07, 6.45) is 4.89. The van der Waals surface area contributed by atoms with Gasteiger partial charge in [0, 0.05) is 20.0 Å². The smallest absolute Gasteiger partial charge is 0.226 e. The van der Waals surface area contributed by atoms with Crippen molar-refractivity contribution in [2.75, 3.05) is 13.7 Å². The van der Waals surface area contributed by atoms with Crippen molar-refractivity contribution in [3.63, 3.8) is 0 Å². The Labute approximate surface area is 96.4 Å². The molecule has 92 valence electrons. The van der Waals surface area contributed by atoms with E-state index in [-0.39, 0.29) is 6.10 Å². The third-order valence-corrected chi connectivity index (χ3v) is 2.48. The lowest BCUT2D eigenvalue weighted by molar-refractivity contribution is 0.116. The first kappa shape index (κ1) is 13.1. The predicted octanol–water partition coefficient (Wildman–Crippen LogP) is 1.32. The number of rotatable bonds is 8. The molecule has 5 nitrogen and oxygen atoms in total. The number of ether oxygens (including phenoxy) is 1. The van der Waals surface area contributed by atoms with Crippen LogP contribution in [0, 0.1) is 0 Å². The highest BCUT2D eigenvalue weighted by Gasteiger charge is 2.09. The van der Waals surface area contributed by atoms with Gasteiger partial charge in [-0.3, -0.25) is 0 Å². The number of methoxy groups -OCH3 is 1. The van der Waals surface area contributed by atoms with Crippen LogP contribution in [0.5, 0.6) is 0 Å². The summed E-state index contributed by atoms with van der Waals surface area (Å²) in [7, 11) is 1.68. The number of unbranched alkanes of at least 4 members (excludes halogenated alkanes) is 2. The average Bonchev–Trinajstić information content (AvgIpc) is 2.72. The van der Waals surface area contributed by atoms with Gasteiger partial charge >= 0.3 is 0 Å². The molecule has 0 aliphatic heterocycles. The van der Waals surface area contributed by atoms with Gasteiger partial charge in [-0.05, 0) is 26.3 Å². The second kappa shape index (κ2) is 7.35. The Morgan fingerprint density at radius 1 is 1.38 bits per heavy atom. The molecule has 1 atom stereocenters. The summed E-state index contributed by atoms with van der Waals surface area (Å²) in [6, 6.07) is 0. The Bertz CT molecular complexity index is 289. The molecule has 0 spiro atoms. The average molecular weight is 227 g/mol. The molecule has 0 fully saturated rings. The molecule has 0 saturated heterocycles. The fourth-order valence-electron chi connectivity index (χ4n) is 1.41. The summed E-state index contributed by atoms with van der Waals surface area (Å²) in [5.41, 5.74) is 5.42. The molecule has 0 saturated carbocycles. The highest BCUT2D eigenvalue weighted by atomic mass is 16.5. The molecule has 1 heterocycles. The normalized spacial score (nSPS) is 12.9. The lowest BCUT2D eigenvalue weighted by Crippen LogP contribution is -2.09. The van der Waals surface area contributed by atoms with Gasteiger partial charge in [-0.2, -0.15) is 4.98 Å². The maximum atomic E-state index is 5.42. The molecule has 0 aromatic carbocycles. The van der Waals surface area contributed by atoms with Gasteiger partial charge in [0.2, 0.25) is 5.89 Å². The first-order valence-corrected chi connectivity index (χ1v) is 5.80. The Morgan fingerprint density at radius 2 is 2.19 bits per heavy atom. The summed E-state index contributed by atoms with van der Waals surface area (Å²) < 4.78 is 10.3. The molecule has 1 unspecified atom stereocenters. The monoisotopic (exact) mass is 227 g/mol. The van der Waals surface area contributed by atoms with Gasteiger partial charge in [-0.15, -0.1) is 0 Å². The number of hydrogen-bond acceptors (Lipinski definition) is 5. The Morgan fingerprint density at radius 3 is 2.88 bits per heavy atom. The number of hydrogen-bond donors (Lipinski definition) is 1. The van der Waals surface area contributed by atoms with E-state index >= 15 is 0 Å². The van der Waals surface area contributed by atoms with Gasteiger partial charge < -0.3 is 15.0 Å². The summed E-state index contributed by atoms with van der Waals surface area (Å²) in [5, 5.41) is 3.91. The zero-order chi connectivity index (χ0) is 11.8. The third-order valence-electron chi connectivity index (χ3n) is 2.48. The van der Waals surface area contributed by atoms with Gasteiger partial charge in [0.1, 0.15) is 0 Å². The largest absolute Gasteiger partial charge is 0.381 e. The minimum Gasteiger partial charge on any atom is -0.381 e. The maximum absolute atomic E-state index is 5.42. The molecule has 2 N–H and O–H groups in total. The summed E-state index contributed by atoms with van der Waals surface area (Å²) in [5.74, 6) is 1.44. The molecule has 0 aliphatic carbocycles. The van der Waals surface area contributed by atoms with Gasteiger partial charge in [0.15, 0.2) is 5.82 Å². The van der Waals surface area contributed by atoms with E-state index in [2.05, 4.69) is 10.1 Å². The molecule has 1 rings (SSSR count). The van der Waals surface area contributed by atoms with E-state index in [1.807, 2.05) is 6.92 Å². The zero-order valence-electron chi connectivity index (χ0n) is 10.1. The molecule has 0 radical (unpaired) electrons. The summed E-state index contributed by atoms with van der Waals surface area (Å²) >= 11 is 0. The van der Waals surface area contributed by atoms with Gasteiger partial charge in [-0.25, -0.2) is 0 Å². The van der Waals surface area contributed by atoms with Crippen LogP contribution in [-0.2, 0) is 17.6 Å². The number of nitrogens with two attached hydrogens (primary N) is 1. The molecular weight excluding hydrogens is 206 g/mol. The van der Waals surface area contributed by atoms with Crippen LogP contribution in [0.4, 0.5) is 0 Å². The Balaban J connectivity index is 2.28. The van der Waals surface area contributed by atoms with Crippen LogP contribution in [0.1, 0.15) is 37.9 Å². The first-order chi connectivity index (χ1) is 7.76. The quantitative estimate of drug-likeness (QED) is 0.678. The SMILES string of the molecule is COC(C)Cc1noc(CCCCCN)n1. The molecule has 1 aromatic rings. The van der Waals surface area contributed by atoms with E-state index in [0.29, 0.717) is 6.42 Å². The zero-order valence-corrected chi connectivity index (χ0v) is 10.1. The first-order valence-electron chi connectivity index (χ1n) is 5.80. The van der Waals surface area contributed by atoms with Crippen LogP contribution in [0.15, 0.2) is 4.52 Å². The minimum atomic E-state index is 0.127. The van der Waals surface area contributed by atoms with Gasteiger partial charge in [-0.1, -0.05) is 11.6 Å². The van der Waals surface area contributed by atoms with Crippen molar-refractivity contribution in [1.29, 1.82) is 0 Å². The molecule has 16 heavy (non-hydrogen) atoms. The molecular formula is C11H21N3O2. The minimum absolute atomic E-state index is 0.127. The lowest BCUT2D eigenvalue weighted by atomic mass is 10.2. The maximum Gasteiger partial charge on any atom is 0.226 e. The fourth-order valence-corrected chi connectivity index (χ4v) is 1.41. The molecule has 0 aliphatic rings. The van der Waals surface area contributed by atoms with Crippen molar-refractivity contribution in [3.05, 3.63) is 11.7 Å². The molecule has 0 amide bonds. The fraction of sp³-hybridized carbons (Fsp3) is 0.818. The van der Waals surface area contributed by atoms with Crippen LogP contribution >= 0.6 is 0 Å². The van der Waals surface area contributed by atoms with E-state index in [1.165, 1.54) is 0 Å². The van der Waals surface area contributed by atoms with Gasteiger partial charge in [0.25, 0.3) is 0 Å². The van der Waals surface area contributed by atoms with Crippen LogP contribution in [0.25, 0.3) is 0 Å². The Kier molecular flexibility index (Phi) is 6.03. The van der Waals surface area contributed by atoms with Crippen LogP contribution in [0.2, 0.25) is 0 Å². The van der Waals surface area contributed by atoms with Gasteiger partial charge in [0.05, 0.1) is 6.10 Å². The second-order valence-electron chi connectivity index (χ2n) is 3.95. The van der Waals surface area contributed by atoms with E-state index in [0.717, 1.165) is 43.9 Å². The standard InChI is InChI=1S/C11H21N3O2/c1-9(15-2)8-10-13-11(16-14-10)6-4-3-5-7-12/h9H,3-8,12H2,1-2H3. The highest BCUT2D eigenvalue weighted by molar-refractivity contribution is 4.88. The van der Waals surface area contributed by atoms with Crippen molar-refractivity contribution < 1.29 is 9.26 Å². The second-order valence-corrected chi connectivity index (χ2v) is 3.95. The number of aryl methyl sites for hydroxylation is 1. The van der Waals surface area contributed by atoms with Crippen molar-refractivity contribution in [3.8, 4) is 0 Å². The van der Waals surface area contributed by atoms with Crippen molar-refractivity contribution in [1.82, 2.24) is 10.1 Å². The Hall–Kier alpha value is -0.940. The lowest BCUT2D eigenvalue weighted by Gasteiger charge is -2.03. The number of aromatic nitrogens is 2. The van der Waals surface area contributed by atoms with E-state index in [4.69, 9.17) is 15.0 Å². The number of nitrogens with zero attached hydrogens (tertiary/aromatic N) is 2. The topological polar surface area (TPSA) is 74.2 Å². The summed E-state index contributed by atoms with van der Waals surface area (Å²) in [4.78, 5) is 4.31. The summed E-state index contributed by atoms with van der Waals surface area (Å²) in [6.45, 7) is 2.73. The molecule has 0 bridgehead atoms. The van der Waals surface area contributed by atoms with E-state index in [1.54, 1.807) is 7.11 Å². The van der Waals surface area contributed by atoms with Crippen LogP contribution < -0.4 is 5.73 Å². The van der Waals surface area contributed by atoms with E-state index < -0.39 is 0 Å². The predicted molar refractivity (Wildman–Crippen MR) is 61.1 cm³/mol. The third kappa shape index (κ3) is 4.72. The highest BCUT2D eigenvalue weighted by Crippen LogP contribution is 2.06.